The van der Waals surface area contributed by atoms with Gasteiger partial charge in [0.2, 0.25) is 0 Å². The molecule has 0 aliphatic rings. The molecule has 0 fully saturated rings. The molecule has 1 heterocycles. The highest BCUT2D eigenvalue weighted by Gasteiger charge is 2.30. The molecule has 0 amide bonds. The Morgan fingerprint density at radius 3 is 2.33 bits per heavy atom. The van der Waals surface area contributed by atoms with Crippen LogP contribution in [0.5, 0.6) is 0 Å². The van der Waals surface area contributed by atoms with Crippen molar-refractivity contribution in [1.29, 1.82) is 0 Å². The van der Waals surface area contributed by atoms with Gasteiger partial charge in [-0.2, -0.15) is 13.2 Å². The molecule has 0 aliphatic carbocycles. The largest absolute Gasteiger partial charge is 0.462 e. The van der Waals surface area contributed by atoms with E-state index in [0.717, 1.165) is 23.5 Å². The smallest absolute Gasteiger partial charge is 0.416 e. The average molecular weight is 460 g/mol. The number of thiocarbonyl (C=S) groups is 1. The van der Waals surface area contributed by atoms with Gasteiger partial charge in [-0.15, -0.1) is 11.3 Å². The third-order valence-corrected chi connectivity index (χ3v) is 5.15. The zero-order valence-corrected chi connectivity index (χ0v) is 17.9. The number of benzene rings is 1. The number of hydrogen-bond donors (Lipinski definition) is 2. The van der Waals surface area contributed by atoms with Crippen molar-refractivity contribution in [1.82, 2.24) is 0 Å². The van der Waals surface area contributed by atoms with Crippen molar-refractivity contribution in [3.8, 4) is 0 Å². The van der Waals surface area contributed by atoms with E-state index in [1.54, 1.807) is 20.8 Å². The first kappa shape index (κ1) is 23.6. The van der Waals surface area contributed by atoms with Crippen LogP contribution in [0.3, 0.4) is 0 Å². The van der Waals surface area contributed by atoms with Gasteiger partial charge in [0.25, 0.3) is 0 Å². The number of nitrogens with one attached hydrogen (secondary N) is 2. The molecule has 2 aromatic rings. The number of halogens is 3. The van der Waals surface area contributed by atoms with Gasteiger partial charge in [-0.1, -0.05) is 6.07 Å². The van der Waals surface area contributed by atoms with E-state index >= 15 is 0 Å². The summed E-state index contributed by atoms with van der Waals surface area (Å²) in [6.07, 6.45) is -4.50. The van der Waals surface area contributed by atoms with E-state index in [9.17, 15) is 22.8 Å². The number of carbonyl (C=O) groups excluding carboxylic acids is 2. The molecule has 30 heavy (non-hydrogen) atoms. The van der Waals surface area contributed by atoms with E-state index in [0.29, 0.717) is 5.56 Å². The zero-order chi connectivity index (χ0) is 22.5. The monoisotopic (exact) mass is 460 g/mol. The minimum Gasteiger partial charge on any atom is -0.462 e. The summed E-state index contributed by atoms with van der Waals surface area (Å²) >= 11 is 6.11. The number of anilines is 2. The van der Waals surface area contributed by atoms with Crippen molar-refractivity contribution >= 4 is 51.3 Å². The number of ether oxygens (including phenoxy) is 2. The van der Waals surface area contributed by atoms with Gasteiger partial charge in [-0.05, 0) is 56.8 Å². The Bertz CT molecular complexity index is 958. The predicted molar refractivity (Wildman–Crippen MR) is 112 cm³/mol. The van der Waals surface area contributed by atoms with Crippen LogP contribution in [0.2, 0.25) is 0 Å². The SMILES string of the molecule is CCOC(=O)c1sc(NC(=S)Nc2cccc(C(F)(F)F)c2)c(C(=O)OCC)c1C. The summed E-state index contributed by atoms with van der Waals surface area (Å²) in [5, 5.41) is 5.57. The molecule has 0 saturated heterocycles. The van der Waals surface area contributed by atoms with Gasteiger partial charge in [0.05, 0.1) is 24.3 Å². The molecule has 2 rings (SSSR count). The highest BCUT2D eigenvalue weighted by Crippen LogP contribution is 2.35. The van der Waals surface area contributed by atoms with Crippen LogP contribution in [0, 0.1) is 6.92 Å². The minimum atomic E-state index is -4.50. The lowest BCUT2D eigenvalue weighted by molar-refractivity contribution is -0.137. The zero-order valence-electron chi connectivity index (χ0n) is 16.3. The normalized spacial score (nSPS) is 11.0. The lowest BCUT2D eigenvalue weighted by Gasteiger charge is -2.13. The van der Waals surface area contributed by atoms with Crippen LogP contribution in [0.25, 0.3) is 0 Å². The van der Waals surface area contributed by atoms with Crippen LogP contribution >= 0.6 is 23.6 Å². The van der Waals surface area contributed by atoms with Gasteiger partial charge >= 0.3 is 18.1 Å². The summed E-state index contributed by atoms with van der Waals surface area (Å²) in [5.41, 5.74) is -0.252. The summed E-state index contributed by atoms with van der Waals surface area (Å²) in [7, 11) is 0. The minimum absolute atomic E-state index is 0.0588. The molecule has 0 saturated carbocycles. The molecule has 11 heteroatoms. The third kappa shape index (κ3) is 5.70. The standard InChI is InChI=1S/C19H19F3N2O4S2/c1-4-27-16(25)13-10(3)14(17(26)28-5-2)30-15(13)24-18(29)23-12-8-6-7-11(9-12)19(20,21)22/h6-9H,4-5H2,1-3H3,(H2,23,24,29). The molecule has 2 N–H and O–H groups in total. The van der Waals surface area contributed by atoms with Crippen molar-refractivity contribution in [3.63, 3.8) is 0 Å². The number of esters is 2. The van der Waals surface area contributed by atoms with E-state index in [1.165, 1.54) is 12.1 Å². The molecule has 0 radical (unpaired) electrons. The van der Waals surface area contributed by atoms with Gasteiger partial charge < -0.3 is 20.1 Å². The maximum Gasteiger partial charge on any atom is 0.416 e. The molecule has 0 aliphatic heterocycles. The molecule has 0 bridgehead atoms. The Morgan fingerprint density at radius 2 is 1.73 bits per heavy atom. The Balaban J connectivity index is 2.30. The highest BCUT2D eigenvalue weighted by molar-refractivity contribution is 7.80. The number of hydrogen-bond acceptors (Lipinski definition) is 6. The molecule has 6 nitrogen and oxygen atoms in total. The van der Waals surface area contributed by atoms with E-state index < -0.39 is 23.7 Å². The van der Waals surface area contributed by atoms with Crippen LogP contribution in [0.4, 0.5) is 23.9 Å². The number of rotatable bonds is 6. The Hall–Kier alpha value is -2.66. The lowest BCUT2D eigenvalue weighted by atomic mass is 10.1. The summed E-state index contributed by atoms with van der Waals surface area (Å²) in [6.45, 7) is 5.14. The molecule has 0 unspecified atom stereocenters. The van der Waals surface area contributed by atoms with Crippen molar-refractivity contribution in [2.24, 2.45) is 0 Å². The van der Waals surface area contributed by atoms with Gasteiger partial charge in [0, 0.05) is 5.69 Å². The summed E-state index contributed by atoms with van der Waals surface area (Å²) in [4.78, 5) is 24.8. The highest BCUT2D eigenvalue weighted by atomic mass is 32.1. The van der Waals surface area contributed by atoms with Crippen molar-refractivity contribution in [2.45, 2.75) is 26.9 Å². The second-order valence-electron chi connectivity index (χ2n) is 5.86. The van der Waals surface area contributed by atoms with Crippen molar-refractivity contribution in [2.75, 3.05) is 23.8 Å². The maximum absolute atomic E-state index is 12.9. The first-order valence-electron chi connectivity index (χ1n) is 8.81. The maximum atomic E-state index is 12.9. The van der Waals surface area contributed by atoms with Gasteiger partial charge in [0.15, 0.2) is 5.11 Å². The molecule has 1 aromatic carbocycles. The van der Waals surface area contributed by atoms with Crippen molar-refractivity contribution in [3.05, 3.63) is 45.8 Å². The number of thiophene rings is 1. The van der Waals surface area contributed by atoms with E-state index in [1.807, 2.05) is 0 Å². The van der Waals surface area contributed by atoms with E-state index in [2.05, 4.69) is 10.6 Å². The van der Waals surface area contributed by atoms with E-state index in [-0.39, 0.29) is 39.5 Å². The Labute approximate surface area is 180 Å². The number of alkyl halides is 3. The summed E-state index contributed by atoms with van der Waals surface area (Å²) in [5.74, 6) is -1.26. The first-order valence-corrected chi connectivity index (χ1v) is 10.0. The van der Waals surface area contributed by atoms with Gasteiger partial charge in [0.1, 0.15) is 9.88 Å². The van der Waals surface area contributed by atoms with Gasteiger partial charge in [-0.3, -0.25) is 0 Å². The fraction of sp³-hybridized carbons (Fsp3) is 0.316. The Morgan fingerprint density at radius 1 is 1.10 bits per heavy atom. The van der Waals surface area contributed by atoms with Crippen LogP contribution in [-0.2, 0) is 15.7 Å². The molecule has 1 aromatic heterocycles. The third-order valence-electron chi connectivity index (χ3n) is 3.76. The topological polar surface area (TPSA) is 76.7 Å². The van der Waals surface area contributed by atoms with Gasteiger partial charge in [-0.25, -0.2) is 9.59 Å². The van der Waals surface area contributed by atoms with Crippen molar-refractivity contribution < 1.29 is 32.2 Å². The molecular formula is C19H19F3N2O4S2. The number of carbonyl (C=O) groups is 2. The van der Waals surface area contributed by atoms with E-state index in [4.69, 9.17) is 21.7 Å². The molecular weight excluding hydrogens is 441 g/mol. The fourth-order valence-corrected chi connectivity index (χ4v) is 3.86. The molecule has 0 spiro atoms. The lowest BCUT2D eigenvalue weighted by Crippen LogP contribution is -2.20. The summed E-state index contributed by atoms with van der Waals surface area (Å²) in [6, 6.07) is 4.50. The van der Waals surface area contributed by atoms with Crippen LogP contribution in [0.1, 0.15) is 45.0 Å². The van der Waals surface area contributed by atoms with Crippen LogP contribution in [0.15, 0.2) is 24.3 Å². The second-order valence-corrected chi connectivity index (χ2v) is 7.29. The van der Waals surface area contributed by atoms with Crippen LogP contribution in [-0.4, -0.2) is 30.3 Å². The molecule has 162 valence electrons. The fourth-order valence-electron chi connectivity index (χ4n) is 2.48. The quantitative estimate of drug-likeness (QED) is 0.451. The first-order chi connectivity index (χ1) is 14.1. The predicted octanol–water partition coefficient (Wildman–Crippen LogP) is 5.24. The Kier molecular flexibility index (Phi) is 7.79. The second kappa shape index (κ2) is 9.90. The summed E-state index contributed by atoms with van der Waals surface area (Å²) < 4.78 is 48.7. The van der Waals surface area contributed by atoms with Crippen LogP contribution < -0.4 is 10.6 Å². The molecule has 0 atom stereocenters. The average Bonchev–Trinajstić information content (AvgIpc) is 2.97.